The summed E-state index contributed by atoms with van der Waals surface area (Å²) in [5, 5.41) is 0. The summed E-state index contributed by atoms with van der Waals surface area (Å²) in [6.45, 7) is 3.61. The zero-order chi connectivity index (χ0) is 17.6. The standard InChI is InChI=1S/C17H26N2O4S/c1-3-14-24(21,22)19-12-10-18(11-13-19)17(20)9-6-15-4-7-16(23-2)8-5-15/h4-5,7-8H,3,6,9-14H2,1-2H3. The van der Waals surface area contributed by atoms with Crippen molar-refractivity contribution >= 4 is 15.9 Å². The van der Waals surface area contributed by atoms with Crippen molar-refractivity contribution in [2.75, 3.05) is 39.0 Å². The highest BCUT2D eigenvalue weighted by Gasteiger charge is 2.27. The molecule has 0 atom stereocenters. The molecule has 24 heavy (non-hydrogen) atoms. The van der Waals surface area contributed by atoms with Gasteiger partial charge < -0.3 is 9.64 Å². The molecule has 0 unspecified atom stereocenters. The van der Waals surface area contributed by atoms with Crippen molar-refractivity contribution in [1.82, 2.24) is 9.21 Å². The number of carbonyl (C=O) groups is 1. The normalized spacial score (nSPS) is 16.2. The molecule has 1 saturated heterocycles. The molecule has 0 spiro atoms. The number of aryl methyl sites for hydroxylation is 1. The molecule has 1 aliphatic heterocycles. The summed E-state index contributed by atoms with van der Waals surface area (Å²) >= 11 is 0. The number of piperazine rings is 1. The molecule has 0 N–H and O–H groups in total. The summed E-state index contributed by atoms with van der Waals surface area (Å²) in [6.07, 6.45) is 1.73. The average Bonchev–Trinajstić information content (AvgIpc) is 2.60. The van der Waals surface area contributed by atoms with Crippen LogP contribution < -0.4 is 4.74 Å². The summed E-state index contributed by atoms with van der Waals surface area (Å²) in [6, 6.07) is 7.69. The Kier molecular flexibility index (Phi) is 6.62. The van der Waals surface area contributed by atoms with Crippen LogP contribution >= 0.6 is 0 Å². The Morgan fingerprint density at radius 3 is 2.29 bits per heavy atom. The largest absolute Gasteiger partial charge is 0.497 e. The number of methoxy groups -OCH3 is 1. The third-order valence-electron chi connectivity index (χ3n) is 4.23. The quantitative estimate of drug-likeness (QED) is 0.744. The van der Waals surface area contributed by atoms with Crippen LogP contribution in [0.25, 0.3) is 0 Å². The van der Waals surface area contributed by atoms with Gasteiger partial charge in [0.2, 0.25) is 15.9 Å². The fraction of sp³-hybridized carbons (Fsp3) is 0.588. The Balaban J connectivity index is 1.80. The summed E-state index contributed by atoms with van der Waals surface area (Å²) in [5.74, 6) is 1.06. The van der Waals surface area contributed by atoms with Crippen LogP contribution in [0.15, 0.2) is 24.3 Å². The first kappa shape index (κ1) is 18.7. The third-order valence-corrected chi connectivity index (χ3v) is 6.31. The molecular formula is C17H26N2O4S. The van der Waals surface area contributed by atoms with Gasteiger partial charge in [-0.2, -0.15) is 4.31 Å². The average molecular weight is 354 g/mol. The molecule has 6 nitrogen and oxygen atoms in total. The predicted octanol–water partition coefficient (Wildman–Crippen LogP) is 1.51. The van der Waals surface area contributed by atoms with E-state index in [0.29, 0.717) is 45.4 Å². The maximum absolute atomic E-state index is 12.3. The molecule has 0 aliphatic carbocycles. The minimum Gasteiger partial charge on any atom is -0.497 e. The number of nitrogens with zero attached hydrogens (tertiary/aromatic N) is 2. The molecular weight excluding hydrogens is 328 g/mol. The van der Waals surface area contributed by atoms with Crippen LogP contribution in [-0.4, -0.2) is 62.6 Å². The van der Waals surface area contributed by atoms with Crippen LogP contribution in [-0.2, 0) is 21.2 Å². The van der Waals surface area contributed by atoms with E-state index < -0.39 is 10.0 Å². The van der Waals surface area contributed by atoms with Gasteiger partial charge in [0, 0.05) is 32.6 Å². The van der Waals surface area contributed by atoms with Crippen LogP contribution in [0.3, 0.4) is 0 Å². The van der Waals surface area contributed by atoms with Gasteiger partial charge in [0.15, 0.2) is 0 Å². The summed E-state index contributed by atoms with van der Waals surface area (Å²) in [5.41, 5.74) is 1.09. The van der Waals surface area contributed by atoms with E-state index in [-0.39, 0.29) is 11.7 Å². The van der Waals surface area contributed by atoms with E-state index in [1.54, 1.807) is 12.0 Å². The lowest BCUT2D eigenvalue weighted by Gasteiger charge is -2.34. The van der Waals surface area contributed by atoms with E-state index >= 15 is 0 Å². The van der Waals surface area contributed by atoms with Crippen LogP contribution in [0.4, 0.5) is 0 Å². The molecule has 0 bridgehead atoms. The number of amides is 1. The van der Waals surface area contributed by atoms with Gasteiger partial charge in [0.25, 0.3) is 0 Å². The van der Waals surface area contributed by atoms with Crippen molar-refractivity contribution in [3.8, 4) is 5.75 Å². The molecule has 1 aromatic carbocycles. The van der Waals surface area contributed by atoms with Crippen molar-refractivity contribution in [3.63, 3.8) is 0 Å². The number of sulfonamides is 1. The van der Waals surface area contributed by atoms with E-state index in [4.69, 9.17) is 4.74 Å². The number of ether oxygens (including phenoxy) is 1. The highest BCUT2D eigenvalue weighted by molar-refractivity contribution is 7.89. The minimum atomic E-state index is -3.16. The zero-order valence-electron chi connectivity index (χ0n) is 14.4. The van der Waals surface area contributed by atoms with E-state index in [2.05, 4.69) is 0 Å². The van der Waals surface area contributed by atoms with E-state index in [9.17, 15) is 13.2 Å². The highest BCUT2D eigenvalue weighted by Crippen LogP contribution is 2.14. The second-order valence-electron chi connectivity index (χ2n) is 5.94. The fourth-order valence-electron chi connectivity index (χ4n) is 2.80. The minimum absolute atomic E-state index is 0.0818. The van der Waals surface area contributed by atoms with Gasteiger partial charge in [-0.25, -0.2) is 8.42 Å². The number of rotatable bonds is 7. The van der Waals surface area contributed by atoms with Gasteiger partial charge in [-0.05, 0) is 30.5 Å². The van der Waals surface area contributed by atoms with Crippen molar-refractivity contribution in [1.29, 1.82) is 0 Å². The lowest BCUT2D eigenvalue weighted by Crippen LogP contribution is -2.51. The molecule has 134 valence electrons. The first-order valence-corrected chi connectivity index (χ1v) is 9.95. The second kappa shape index (κ2) is 8.48. The Bertz CT molecular complexity index is 635. The van der Waals surface area contributed by atoms with Gasteiger partial charge in [-0.3, -0.25) is 4.79 Å². The molecule has 0 radical (unpaired) electrons. The Morgan fingerprint density at radius 2 is 1.75 bits per heavy atom. The van der Waals surface area contributed by atoms with Gasteiger partial charge in [-0.1, -0.05) is 19.1 Å². The molecule has 0 aromatic heterocycles. The first-order chi connectivity index (χ1) is 11.5. The van der Waals surface area contributed by atoms with Crippen LogP contribution in [0.1, 0.15) is 25.3 Å². The Labute approximate surface area is 144 Å². The molecule has 2 rings (SSSR count). The van der Waals surface area contributed by atoms with Crippen molar-refractivity contribution in [2.24, 2.45) is 0 Å². The summed E-state index contributed by atoms with van der Waals surface area (Å²) in [7, 11) is -1.54. The van der Waals surface area contributed by atoms with Gasteiger partial charge in [-0.15, -0.1) is 0 Å². The van der Waals surface area contributed by atoms with Gasteiger partial charge >= 0.3 is 0 Å². The van der Waals surface area contributed by atoms with Gasteiger partial charge in [0.1, 0.15) is 5.75 Å². The smallest absolute Gasteiger partial charge is 0.222 e. The summed E-state index contributed by atoms with van der Waals surface area (Å²) in [4.78, 5) is 14.1. The monoisotopic (exact) mass is 354 g/mol. The second-order valence-corrected chi connectivity index (χ2v) is 8.03. The lowest BCUT2D eigenvalue weighted by atomic mass is 10.1. The van der Waals surface area contributed by atoms with Crippen molar-refractivity contribution in [2.45, 2.75) is 26.2 Å². The number of benzene rings is 1. The fourth-order valence-corrected chi connectivity index (χ4v) is 4.30. The van der Waals surface area contributed by atoms with E-state index in [1.807, 2.05) is 31.2 Å². The predicted molar refractivity (Wildman–Crippen MR) is 93.5 cm³/mol. The molecule has 0 saturated carbocycles. The van der Waals surface area contributed by atoms with E-state index in [0.717, 1.165) is 11.3 Å². The van der Waals surface area contributed by atoms with Gasteiger partial charge in [0.05, 0.1) is 12.9 Å². The van der Waals surface area contributed by atoms with Crippen molar-refractivity contribution in [3.05, 3.63) is 29.8 Å². The lowest BCUT2D eigenvalue weighted by molar-refractivity contribution is -0.132. The van der Waals surface area contributed by atoms with Crippen LogP contribution in [0, 0.1) is 0 Å². The zero-order valence-corrected chi connectivity index (χ0v) is 15.2. The van der Waals surface area contributed by atoms with E-state index in [1.165, 1.54) is 4.31 Å². The third kappa shape index (κ3) is 4.95. The highest BCUT2D eigenvalue weighted by atomic mass is 32.2. The molecule has 1 aliphatic rings. The maximum atomic E-state index is 12.3. The number of hydrogen-bond acceptors (Lipinski definition) is 4. The summed E-state index contributed by atoms with van der Waals surface area (Å²) < 4.78 is 30.7. The maximum Gasteiger partial charge on any atom is 0.222 e. The molecule has 1 heterocycles. The van der Waals surface area contributed by atoms with Crippen LogP contribution in [0.5, 0.6) is 5.75 Å². The first-order valence-electron chi connectivity index (χ1n) is 8.35. The topological polar surface area (TPSA) is 66.9 Å². The van der Waals surface area contributed by atoms with Crippen molar-refractivity contribution < 1.29 is 17.9 Å². The molecule has 1 fully saturated rings. The molecule has 1 aromatic rings. The number of carbonyl (C=O) groups excluding carboxylic acids is 1. The Hall–Kier alpha value is -1.60. The number of hydrogen-bond donors (Lipinski definition) is 0. The molecule has 7 heteroatoms. The Morgan fingerprint density at radius 1 is 1.12 bits per heavy atom. The van der Waals surface area contributed by atoms with Crippen LogP contribution in [0.2, 0.25) is 0 Å². The SMILES string of the molecule is CCCS(=O)(=O)N1CCN(C(=O)CCc2ccc(OC)cc2)CC1. The molecule has 1 amide bonds.